The van der Waals surface area contributed by atoms with Crippen LogP contribution in [0.3, 0.4) is 0 Å². The molecule has 0 aromatic heterocycles. The Kier molecular flexibility index (Phi) is 5.06. The quantitative estimate of drug-likeness (QED) is 0.398. The largest absolute Gasteiger partial charge is 0.392 e. The van der Waals surface area contributed by atoms with Gasteiger partial charge in [-0.05, 0) is 0 Å². The van der Waals surface area contributed by atoms with Crippen molar-refractivity contribution in [2.24, 2.45) is 0 Å². The van der Waals surface area contributed by atoms with Crippen LogP contribution in [0, 0.1) is 0 Å². The van der Waals surface area contributed by atoms with Crippen LogP contribution in [-0.4, -0.2) is 51.7 Å². The van der Waals surface area contributed by atoms with Crippen LogP contribution in [0.4, 0.5) is 0 Å². The summed E-state index contributed by atoms with van der Waals surface area (Å²) < 4.78 is 47.5. The molecule has 0 saturated carbocycles. The van der Waals surface area contributed by atoms with Gasteiger partial charge in [0.15, 0.2) is 11.3 Å². The molecule has 0 N–H and O–H groups in total. The molecule has 0 spiro atoms. The van der Waals surface area contributed by atoms with Crippen LogP contribution < -0.4 is 0 Å². The van der Waals surface area contributed by atoms with Crippen molar-refractivity contribution < 1.29 is 41.6 Å². The number of hydrogen-bond donors (Lipinski definition) is 0. The van der Waals surface area contributed by atoms with Gasteiger partial charge in [0.05, 0.1) is 0 Å². The summed E-state index contributed by atoms with van der Waals surface area (Å²) in [5.74, 6) is -2.31. The van der Waals surface area contributed by atoms with Crippen molar-refractivity contribution in [2.45, 2.75) is 11.3 Å². The van der Waals surface area contributed by atoms with E-state index in [1.807, 2.05) is 0 Å². The zero-order chi connectivity index (χ0) is 14.8. The minimum Gasteiger partial charge on any atom is -0.392 e. The Morgan fingerprint density at radius 3 is 1.26 bits per heavy atom. The molecule has 2 atom stereocenters. The molecule has 0 unspecified atom stereocenters. The van der Waals surface area contributed by atoms with Crippen LogP contribution in [0.25, 0.3) is 0 Å². The molecule has 1 aliphatic rings. The average Bonchev–Trinajstić information content (AvgIpc) is 2.72. The van der Waals surface area contributed by atoms with E-state index in [2.05, 4.69) is 22.8 Å². The van der Waals surface area contributed by atoms with Crippen LogP contribution in [0.2, 0.25) is 0 Å². The highest BCUT2D eigenvalue weighted by Gasteiger charge is 2.63. The molecule has 0 radical (unpaired) electrons. The summed E-state index contributed by atoms with van der Waals surface area (Å²) in [6, 6.07) is 0. The first-order chi connectivity index (χ1) is 8.79. The van der Waals surface area contributed by atoms with Gasteiger partial charge in [-0.3, -0.25) is 18.7 Å². The molecule has 0 bridgehead atoms. The van der Waals surface area contributed by atoms with Crippen molar-refractivity contribution in [3.63, 3.8) is 0 Å². The highest BCUT2D eigenvalue weighted by molar-refractivity contribution is 7.61. The fourth-order valence-electron chi connectivity index (χ4n) is 1.69. The van der Waals surface area contributed by atoms with E-state index in [0.29, 0.717) is 0 Å². The number of esters is 2. The van der Waals surface area contributed by atoms with E-state index in [0.717, 1.165) is 28.4 Å². The van der Waals surface area contributed by atoms with Crippen molar-refractivity contribution in [1.29, 1.82) is 0 Å². The van der Waals surface area contributed by atoms with Gasteiger partial charge in [-0.2, -0.15) is 0 Å². The summed E-state index contributed by atoms with van der Waals surface area (Å²) in [6.07, 6.45) is 0. The van der Waals surface area contributed by atoms with Gasteiger partial charge in [0.1, 0.15) is 0 Å². The van der Waals surface area contributed by atoms with E-state index in [9.17, 15) is 18.7 Å². The zero-order valence-corrected chi connectivity index (χ0v) is 12.5. The van der Waals surface area contributed by atoms with E-state index in [-0.39, 0.29) is 0 Å². The predicted octanol–water partition coefficient (Wildman–Crippen LogP) is 0.779. The standard InChI is InChI=1S/C8H14O9P2/c1-13-18(11,14-2)5-6(8(10)17-7(5)9)19(12,15-3)16-4/h5-6H,1-4H3/t5-,6+. The first kappa shape index (κ1) is 16.5. The monoisotopic (exact) mass is 316 g/mol. The minimum atomic E-state index is -4.03. The van der Waals surface area contributed by atoms with Crippen LogP contribution in [0.5, 0.6) is 0 Å². The van der Waals surface area contributed by atoms with Gasteiger partial charge in [-0.1, -0.05) is 0 Å². The third kappa shape index (κ3) is 2.67. The Labute approximate surface area is 109 Å². The Morgan fingerprint density at radius 2 is 1.05 bits per heavy atom. The second-order valence-corrected chi connectivity index (χ2v) is 8.17. The van der Waals surface area contributed by atoms with Gasteiger partial charge in [-0.15, -0.1) is 0 Å². The SMILES string of the molecule is COP(=O)(OC)[C@@H]1C(=O)OC(=O)[C@@H]1P(=O)(OC)OC. The summed E-state index contributed by atoms with van der Waals surface area (Å²) in [7, 11) is -3.94. The molecule has 9 nitrogen and oxygen atoms in total. The second-order valence-electron chi connectivity index (χ2n) is 3.44. The van der Waals surface area contributed by atoms with Crippen molar-refractivity contribution in [2.75, 3.05) is 28.4 Å². The molecule has 110 valence electrons. The first-order valence-electron chi connectivity index (χ1n) is 4.97. The molecule has 19 heavy (non-hydrogen) atoms. The van der Waals surface area contributed by atoms with Gasteiger partial charge < -0.3 is 22.8 Å². The number of carbonyl (C=O) groups is 2. The van der Waals surface area contributed by atoms with Crippen LogP contribution in [0.1, 0.15) is 0 Å². The lowest BCUT2D eigenvalue weighted by Crippen LogP contribution is -2.31. The van der Waals surface area contributed by atoms with Gasteiger partial charge in [0, 0.05) is 28.4 Å². The lowest BCUT2D eigenvalue weighted by molar-refractivity contribution is -0.151. The summed E-state index contributed by atoms with van der Waals surface area (Å²) in [5.41, 5.74) is -3.39. The topological polar surface area (TPSA) is 114 Å². The normalized spacial score (nSPS) is 24.6. The maximum atomic E-state index is 12.3. The molecular formula is C8H14O9P2. The lowest BCUT2D eigenvalue weighted by atomic mass is 10.3. The first-order valence-corrected chi connectivity index (χ1v) is 8.20. The highest BCUT2D eigenvalue weighted by atomic mass is 31.2. The van der Waals surface area contributed by atoms with Gasteiger partial charge >= 0.3 is 27.1 Å². The fraction of sp³-hybridized carbons (Fsp3) is 0.750. The number of ether oxygens (including phenoxy) is 1. The Balaban J connectivity index is 3.35. The fourth-order valence-corrected chi connectivity index (χ4v) is 5.43. The molecule has 1 saturated heterocycles. The Bertz CT molecular complexity index is 415. The number of cyclic esters (lactones) is 2. The van der Waals surface area contributed by atoms with Crippen molar-refractivity contribution in [3.05, 3.63) is 0 Å². The summed E-state index contributed by atoms with van der Waals surface area (Å²) in [6.45, 7) is 0. The van der Waals surface area contributed by atoms with E-state index in [1.54, 1.807) is 0 Å². The zero-order valence-electron chi connectivity index (χ0n) is 10.7. The van der Waals surface area contributed by atoms with E-state index in [1.165, 1.54) is 0 Å². The van der Waals surface area contributed by atoms with E-state index in [4.69, 9.17) is 0 Å². The van der Waals surface area contributed by atoms with E-state index < -0.39 is 38.4 Å². The molecule has 0 aromatic carbocycles. The third-order valence-corrected chi connectivity index (χ3v) is 7.33. The highest BCUT2D eigenvalue weighted by Crippen LogP contribution is 2.65. The average molecular weight is 316 g/mol. The lowest BCUT2D eigenvalue weighted by Gasteiger charge is -2.24. The number of carbonyl (C=O) groups excluding carboxylic acids is 2. The minimum absolute atomic E-state index is 1.03. The molecule has 1 heterocycles. The molecule has 0 amide bonds. The van der Waals surface area contributed by atoms with E-state index >= 15 is 0 Å². The maximum absolute atomic E-state index is 12.3. The molecular weight excluding hydrogens is 302 g/mol. The van der Waals surface area contributed by atoms with Gasteiger partial charge in [-0.25, -0.2) is 0 Å². The molecule has 0 aliphatic carbocycles. The maximum Gasteiger partial charge on any atom is 0.345 e. The summed E-state index contributed by atoms with van der Waals surface area (Å²) >= 11 is 0. The summed E-state index contributed by atoms with van der Waals surface area (Å²) in [4.78, 5) is 23.3. The molecule has 0 aromatic rings. The second kappa shape index (κ2) is 5.83. The number of rotatable bonds is 6. The Morgan fingerprint density at radius 1 is 0.789 bits per heavy atom. The summed E-state index contributed by atoms with van der Waals surface area (Å²) in [5, 5.41) is 0. The van der Waals surface area contributed by atoms with Crippen LogP contribution in [0.15, 0.2) is 0 Å². The Hall–Kier alpha value is -0.560. The number of hydrogen-bond acceptors (Lipinski definition) is 9. The smallest absolute Gasteiger partial charge is 0.345 e. The van der Waals surface area contributed by atoms with Crippen LogP contribution >= 0.6 is 15.2 Å². The van der Waals surface area contributed by atoms with Crippen molar-refractivity contribution >= 4 is 27.1 Å². The van der Waals surface area contributed by atoms with Gasteiger partial charge in [0.25, 0.3) is 0 Å². The molecule has 1 rings (SSSR count). The third-order valence-electron chi connectivity index (χ3n) is 2.68. The van der Waals surface area contributed by atoms with Gasteiger partial charge in [0.2, 0.25) is 0 Å². The predicted molar refractivity (Wildman–Crippen MR) is 61.9 cm³/mol. The van der Waals surface area contributed by atoms with Crippen molar-refractivity contribution in [3.8, 4) is 0 Å². The molecule has 1 fully saturated rings. The molecule has 11 heteroatoms. The van der Waals surface area contributed by atoms with Crippen molar-refractivity contribution in [1.82, 2.24) is 0 Å². The van der Waals surface area contributed by atoms with Crippen LogP contribution in [-0.2, 0) is 41.6 Å². The molecule has 1 aliphatic heterocycles.